The van der Waals surface area contributed by atoms with E-state index >= 15 is 0 Å². The summed E-state index contributed by atoms with van der Waals surface area (Å²) in [6, 6.07) is 10.9. The SMILES string of the molecule is N#CC1CC1c1ccccc1Oc1nnc(Cl)cc1O. The molecule has 3 rings (SSSR count). The number of halogens is 1. The van der Waals surface area contributed by atoms with Crippen LogP contribution in [0.3, 0.4) is 0 Å². The molecule has 1 aliphatic rings. The van der Waals surface area contributed by atoms with Gasteiger partial charge in [0.15, 0.2) is 10.9 Å². The van der Waals surface area contributed by atoms with Crippen LogP contribution in [0.15, 0.2) is 30.3 Å². The zero-order chi connectivity index (χ0) is 14.1. The summed E-state index contributed by atoms with van der Waals surface area (Å²) >= 11 is 5.62. The molecule has 0 spiro atoms. The first-order valence-electron chi connectivity index (χ1n) is 6.07. The maximum atomic E-state index is 9.73. The second-order valence-electron chi connectivity index (χ2n) is 4.58. The molecular formula is C14H10ClN3O2. The van der Waals surface area contributed by atoms with Gasteiger partial charge in [0.25, 0.3) is 5.88 Å². The van der Waals surface area contributed by atoms with Gasteiger partial charge in [-0.25, -0.2) is 0 Å². The quantitative estimate of drug-likeness (QED) is 0.937. The van der Waals surface area contributed by atoms with E-state index < -0.39 is 0 Å². The predicted molar refractivity (Wildman–Crippen MR) is 71.7 cm³/mol. The predicted octanol–water partition coefficient (Wildman–Crippen LogP) is 3.25. The number of para-hydroxylation sites is 1. The second kappa shape index (κ2) is 4.99. The number of benzene rings is 1. The minimum atomic E-state index is -0.174. The Morgan fingerprint density at radius 1 is 1.35 bits per heavy atom. The van der Waals surface area contributed by atoms with Crippen LogP contribution in [0.4, 0.5) is 0 Å². The van der Waals surface area contributed by atoms with Gasteiger partial charge in [-0.2, -0.15) is 5.26 Å². The number of nitrogens with zero attached hydrogens (tertiary/aromatic N) is 3. The number of nitriles is 1. The molecule has 1 aromatic carbocycles. The Balaban J connectivity index is 1.90. The van der Waals surface area contributed by atoms with Crippen molar-refractivity contribution >= 4 is 11.6 Å². The van der Waals surface area contributed by atoms with E-state index in [0.29, 0.717) is 5.75 Å². The van der Waals surface area contributed by atoms with E-state index in [2.05, 4.69) is 16.3 Å². The summed E-state index contributed by atoms with van der Waals surface area (Å²) in [5.41, 5.74) is 0.940. The Labute approximate surface area is 120 Å². The van der Waals surface area contributed by atoms with Crippen molar-refractivity contribution in [1.29, 1.82) is 5.26 Å². The standard InChI is InChI=1S/C14H10ClN3O2/c15-13-6-11(19)14(18-17-13)20-12-4-2-1-3-9(12)10-5-8(10)7-16/h1-4,6,8,10H,5H2,(H,17,19). The van der Waals surface area contributed by atoms with Crippen LogP contribution in [-0.4, -0.2) is 15.3 Å². The molecule has 2 atom stereocenters. The van der Waals surface area contributed by atoms with Crippen molar-refractivity contribution < 1.29 is 9.84 Å². The average molecular weight is 288 g/mol. The topological polar surface area (TPSA) is 79.0 Å². The molecule has 2 unspecified atom stereocenters. The zero-order valence-electron chi connectivity index (χ0n) is 10.3. The molecule has 1 saturated carbocycles. The summed E-state index contributed by atoms with van der Waals surface area (Å²) in [6.07, 6.45) is 0.829. The molecular weight excluding hydrogens is 278 g/mol. The number of hydrogen-bond donors (Lipinski definition) is 1. The van der Waals surface area contributed by atoms with Crippen molar-refractivity contribution in [3.8, 4) is 23.4 Å². The highest BCUT2D eigenvalue weighted by molar-refractivity contribution is 6.29. The molecule has 1 aliphatic carbocycles. The zero-order valence-corrected chi connectivity index (χ0v) is 11.1. The largest absolute Gasteiger partial charge is 0.503 e. The molecule has 1 aromatic heterocycles. The van der Waals surface area contributed by atoms with Crippen LogP contribution >= 0.6 is 11.6 Å². The first kappa shape index (κ1) is 12.7. The van der Waals surface area contributed by atoms with Gasteiger partial charge in [-0.05, 0) is 18.1 Å². The fourth-order valence-electron chi connectivity index (χ4n) is 2.09. The average Bonchev–Trinajstić information content (AvgIpc) is 3.22. The van der Waals surface area contributed by atoms with Gasteiger partial charge in [0, 0.05) is 12.0 Å². The highest BCUT2D eigenvalue weighted by Crippen LogP contribution is 2.50. The molecule has 0 saturated heterocycles. The Hall–Kier alpha value is -2.32. The van der Waals surface area contributed by atoms with Crippen LogP contribution in [0.5, 0.6) is 17.4 Å². The van der Waals surface area contributed by atoms with E-state index in [-0.39, 0.29) is 28.6 Å². The van der Waals surface area contributed by atoms with Gasteiger partial charge < -0.3 is 9.84 Å². The van der Waals surface area contributed by atoms with Crippen LogP contribution in [0.25, 0.3) is 0 Å². The normalized spacial score (nSPS) is 20.2. The summed E-state index contributed by atoms with van der Waals surface area (Å²) in [7, 11) is 0. The molecule has 1 heterocycles. The molecule has 6 heteroatoms. The second-order valence-corrected chi connectivity index (χ2v) is 4.96. The van der Waals surface area contributed by atoms with E-state index in [4.69, 9.17) is 21.6 Å². The van der Waals surface area contributed by atoms with E-state index in [1.54, 1.807) is 6.07 Å². The monoisotopic (exact) mass is 287 g/mol. The maximum absolute atomic E-state index is 9.73. The first-order chi connectivity index (χ1) is 9.69. The molecule has 5 nitrogen and oxygen atoms in total. The van der Waals surface area contributed by atoms with E-state index in [1.807, 2.05) is 18.2 Å². The maximum Gasteiger partial charge on any atom is 0.281 e. The van der Waals surface area contributed by atoms with Crippen molar-refractivity contribution in [3.63, 3.8) is 0 Å². The number of hydrogen-bond acceptors (Lipinski definition) is 5. The summed E-state index contributed by atoms with van der Waals surface area (Å²) in [4.78, 5) is 0. The van der Waals surface area contributed by atoms with E-state index in [0.717, 1.165) is 12.0 Å². The Kier molecular flexibility index (Phi) is 3.17. The van der Waals surface area contributed by atoms with Crippen LogP contribution in [0.2, 0.25) is 5.15 Å². The van der Waals surface area contributed by atoms with Crippen LogP contribution in [-0.2, 0) is 0 Å². The molecule has 0 bridgehead atoms. The van der Waals surface area contributed by atoms with Crippen LogP contribution in [0, 0.1) is 17.2 Å². The lowest BCUT2D eigenvalue weighted by atomic mass is 10.1. The van der Waals surface area contributed by atoms with Gasteiger partial charge >= 0.3 is 0 Å². The lowest BCUT2D eigenvalue weighted by Crippen LogP contribution is -1.95. The number of ether oxygens (including phenoxy) is 1. The first-order valence-corrected chi connectivity index (χ1v) is 6.45. The number of aromatic hydroxyl groups is 1. The molecule has 100 valence electrons. The fourth-order valence-corrected chi connectivity index (χ4v) is 2.23. The van der Waals surface area contributed by atoms with Crippen LogP contribution in [0.1, 0.15) is 17.9 Å². The minimum absolute atomic E-state index is 0.00370. The summed E-state index contributed by atoms with van der Waals surface area (Å²) in [5.74, 6) is 0.605. The number of aromatic nitrogens is 2. The minimum Gasteiger partial charge on any atom is -0.503 e. The van der Waals surface area contributed by atoms with Crippen LogP contribution < -0.4 is 4.74 Å². The molecule has 0 aliphatic heterocycles. The molecule has 1 N–H and O–H groups in total. The van der Waals surface area contributed by atoms with Crippen molar-refractivity contribution in [3.05, 3.63) is 41.0 Å². The number of rotatable bonds is 3. The Morgan fingerprint density at radius 2 is 2.15 bits per heavy atom. The molecule has 0 radical (unpaired) electrons. The van der Waals surface area contributed by atoms with Crippen molar-refractivity contribution in [1.82, 2.24) is 10.2 Å². The molecule has 20 heavy (non-hydrogen) atoms. The van der Waals surface area contributed by atoms with Gasteiger partial charge in [-0.3, -0.25) is 0 Å². The highest BCUT2D eigenvalue weighted by Gasteiger charge is 2.40. The third-order valence-electron chi connectivity index (χ3n) is 3.19. The van der Waals surface area contributed by atoms with Crippen molar-refractivity contribution in [2.75, 3.05) is 0 Å². The lowest BCUT2D eigenvalue weighted by molar-refractivity contribution is 0.389. The third kappa shape index (κ3) is 2.38. The highest BCUT2D eigenvalue weighted by atomic mass is 35.5. The molecule has 2 aromatic rings. The Bertz CT molecular complexity index is 699. The Morgan fingerprint density at radius 3 is 2.85 bits per heavy atom. The summed E-state index contributed by atoms with van der Waals surface area (Å²) in [6.45, 7) is 0. The van der Waals surface area contributed by atoms with Gasteiger partial charge in [0.1, 0.15) is 5.75 Å². The van der Waals surface area contributed by atoms with Gasteiger partial charge in [-0.1, -0.05) is 29.8 Å². The summed E-state index contributed by atoms with van der Waals surface area (Å²) < 4.78 is 5.60. The van der Waals surface area contributed by atoms with Gasteiger partial charge in [0.2, 0.25) is 0 Å². The van der Waals surface area contributed by atoms with Crippen molar-refractivity contribution in [2.24, 2.45) is 5.92 Å². The summed E-state index contributed by atoms with van der Waals surface area (Å²) in [5, 5.41) is 26.1. The smallest absolute Gasteiger partial charge is 0.281 e. The third-order valence-corrected chi connectivity index (χ3v) is 3.38. The molecule has 0 amide bonds. The lowest BCUT2D eigenvalue weighted by Gasteiger charge is -2.10. The van der Waals surface area contributed by atoms with E-state index in [1.165, 1.54) is 6.07 Å². The fraction of sp³-hybridized carbons (Fsp3) is 0.214. The molecule has 1 fully saturated rings. The van der Waals surface area contributed by atoms with Gasteiger partial charge in [-0.15, -0.1) is 10.2 Å². The van der Waals surface area contributed by atoms with Gasteiger partial charge in [0.05, 0.1) is 12.0 Å². The van der Waals surface area contributed by atoms with E-state index in [9.17, 15) is 5.11 Å². The van der Waals surface area contributed by atoms with Crippen molar-refractivity contribution in [2.45, 2.75) is 12.3 Å².